The fourth-order valence-electron chi connectivity index (χ4n) is 2.58. The Morgan fingerprint density at radius 3 is 3.05 bits per heavy atom. The lowest BCUT2D eigenvalue weighted by atomic mass is 9.93. The fraction of sp³-hybridized carbons (Fsp3) is 0.412. The second-order valence-electron chi connectivity index (χ2n) is 5.76. The van der Waals surface area contributed by atoms with Crippen LogP contribution in [0, 0.1) is 5.92 Å². The van der Waals surface area contributed by atoms with Gasteiger partial charge in [-0.3, -0.25) is 4.79 Å². The Balaban J connectivity index is 1.48. The molecule has 0 fully saturated rings. The summed E-state index contributed by atoms with van der Waals surface area (Å²) >= 11 is 3.28. The molecule has 1 unspecified atom stereocenters. The van der Waals surface area contributed by atoms with Crippen LogP contribution in [0.3, 0.4) is 0 Å². The average molecular weight is 332 g/mol. The molecule has 1 heterocycles. The lowest BCUT2D eigenvalue weighted by Crippen LogP contribution is -2.14. The van der Waals surface area contributed by atoms with Crippen LogP contribution in [-0.2, 0) is 23.4 Å². The van der Waals surface area contributed by atoms with E-state index in [1.54, 1.807) is 23.1 Å². The molecule has 116 valence electrons. The Morgan fingerprint density at radius 2 is 2.23 bits per heavy atom. The van der Waals surface area contributed by atoms with Gasteiger partial charge >= 0.3 is 0 Å². The number of hydrogen-bond acceptors (Lipinski definition) is 4. The maximum absolute atomic E-state index is 12.0. The second-order valence-corrected chi connectivity index (χ2v) is 7.83. The second kappa shape index (κ2) is 7.29. The van der Waals surface area contributed by atoms with E-state index in [9.17, 15) is 4.79 Å². The highest BCUT2D eigenvalue weighted by atomic mass is 32.2. The largest absolute Gasteiger partial charge is 0.301 e. The lowest BCUT2D eigenvalue weighted by Gasteiger charge is -2.15. The number of fused-ring (bicyclic) bond motifs is 1. The monoisotopic (exact) mass is 332 g/mol. The molecular weight excluding hydrogens is 312 g/mol. The Morgan fingerprint density at radius 1 is 1.41 bits per heavy atom. The van der Waals surface area contributed by atoms with Gasteiger partial charge in [0.1, 0.15) is 0 Å². The number of aromatic nitrogens is 1. The summed E-state index contributed by atoms with van der Waals surface area (Å²) in [5.74, 6) is 2.10. The summed E-state index contributed by atoms with van der Waals surface area (Å²) in [4.78, 5) is 17.9. The topological polar surface area (TPSA) is 42.0 Å². The smallest absolute Gasteiger partial charge is 0.236 e. The zero-order valence-electron chi connectivity index (χ0n) is 12.7. The average Bonchev–Trinajstić information content (AvgIpc) is 2.89. The summed E-state index contributed by atoms with van der Waals surface area (Å²) in [5.41, 5.74) is 2.44. The van der Waals surface area contributed by atoms with Gasteiger partial charge in [-0.05, 0) is 30.7 Å². The molecule has 1 atom stereocenters. The summed E-state index contributed by atoms with van der Waals surface area (Å²) in [6.07, 6.45) is 3.36. The summed E-state index contributed by atoms with van der Waals surface area (Å²) in [6, 6.07) is 10.2. The number of rotatable bonds is 5. The lowest BCUT2D eigenvalue weighted by molar-refractivity contribution is -0.113. The van der Waals surface area contributed by atoms with Crippen molar-refractivity contribution in [3.63, 3.8) is 0 Å². The van der Waals surface area contributed by atoms with Crippen molar-refractivity contribution in [1.82, 2.24) is 4.98 Å². The zero-order valence-corrected chi connectivity index (χ0v) is 14.3. The molecule has 1 amide bonds. The number of benzene rings is 1. The van der Waals surface area contributed by atoms with Crippen LogP contribution in [0.4, 0.5) is 5.13 Å². The van der Waals surface area contributed by atoms with Crippen LogP contribution in [0.25, 0.3) is 0 Å². The number of aryl methyl sites for hydroxylation is 1. The van der Waals surface area contributed by atoms with Gasteiger partial charge in [-0.25, -0.2) is 4.98 Å². The van der Waals surface area contributed by atoms with Crippen molar-refractivity contribution in [2.45, 2.75) is 31.9 Å². The fourth-order valence-corrected chi connectivity index (χ4v) is 4.56. The van der Waals surface area contributed by atoms with E-state index in [-0.39, 0.29) is 5.91 Å². The number of amides is 1. The van der Waals surface area contributed by atoms with E-state index in [0.717, 1.165) is 29.6 Å². The highest BCUT2D eigenvalue weighted by Gasteiger charge is 2.20. The Labute approximate surface area is 139 Å². The maximum atomic E-state index is 12.0. The summed E-state index contributed by atoms with van der Waals surface area (Å²) in [5, 5.41) is 3.72. The van der Waals surface area contributed by atoms with Gasteiger partial charge in [0.15, 0.2) is 5.13 Å². The number of carbonyl (C=O) groups is 1. The van der Waals surface area contributed by atoms with Gasteiger partial charge in [-0.1, -0.05) is 37.3 Å². The van der Waals surface area contributed by atoms with E-state index >= 15 is 0 Å². The Bertz CT molecular complexity index is 639. The van der Waals surface area contributed by atoms with Gasteiger partial charge in [0.2, 0.25) is 5.91 Å². The first-order valence-corrected chi connectivity index (χ1v) is 9.58. The van der Waals surface area contributed by atoms with Crippen molar-refractivity contribution in [2.75, 3.05) is 11.1 Å². The van der Waals surface area contributed by atoms with Crippen LogP contribution in [0.5, 0.6) is 0 Å². The van der Waals surface area contributed by atoms with Crippen molar-refractivity contribution < 1.29 is 4.79 Å². The number of hydrogen-bond donors (Lipinski definition) is 1. The van der Waals surface area contributed by atoms with Crippen molar-refractivity contribution in [1.29, 1.82) is 0 Å². The van der Waals surface area contributed by atoms with Crippen LogP contribution < -0.4 is 5.32 Å². The zero-order chi connectivity index (χ0) is 15.4. The molecule has 3 nitrogen and oxygen atoms in total. The van der Waals surface area contributed by atoms with Crippen LogP contribution in [0.1, 0.15) is 29.5 Å². The quantitative estimate of drug-likeness (QED) is 0.895. The van der Waals surface area contributed by atoms with E-state index in [4.69, 9.17) is 0 Å². The minimum Gasteiger partial charge on any atom is -0.301 e. The van der Waals surface area contributed by atoms with E-state index in [1.807, 2.05) is 18.2 Å². The van der Waals surface area contributed by atoms with E-state index in [0.29, 0.717) is 5.75 Å². The first kappa shape index (κ1) is 15.6. The molecule has 0 aliphatic heterocycles. The summed E-state index contributed by atoms with van der Waals surface area (Å²) in [6.45, 7) is 2.28. The van der Waals surface area contributed by atoms with Crippen molar-refractivity contribution in [3.8, 4) is 0 Å². The first-order chi connectivity index (χ1) is 10.7. The van der Waals surface area contributed by atoms with Gasteiger partial charge in [0.05, 0.1) is 11.4 Å². The maximum Gasteiger partial charge on any atom is 0.236 e. The number of anilines is 1. The van der Waals surface area contributed by atoms with Gasteiger partial charge in [0, 0.05) is 10.6 Å². The number of thioether (sulfide) groups is 1. The van der Waals surface area contributed by atoms with Crippen LogP contribution in [0.2, 0.25) is 0 Å². The summed E-state index contributed by atoms with van der Waals surface area (Å²) in [7, 11) is 0. The van der Waals surface area contributed by atoms with Gasteiger partial charge in [0.25, 0.3) is 0 Å². The molecule has 1 aromatic carbocycles. The molecule has 0 bridgehead atoms. The molecule has 1 aliphatic carbocycles. The summed E-state index contributed by atoms with van der Waals surface area (Å²) < 4.78 is 0. The normalized spacial score (nSPS) is 17.0. The SMILES string of the molecule is CC1CCc2nc(NC(=O)CSCc3ccccc3)sc2C1. The molecule has 5 heteroatoms. The van der Waals surface area contributed by atoms with Crippen molar-refractivity contribution in [2.24, 2.45) is 5.92 Å². The molecular formula is C17H20N2OS2. The van der Waals surface area contributed by atoms with Crippen LogP contribution >= 0.6 is 23.1 Å². The van der Waals surface area contributed by atoms with Crippen LogP contribution in [-0.4, -0.2) is 16.6 Å². The molecule has 0 spiro atoms. The van der Waals surface area contributed by atoms with Gasteiger partial charge in [-0.15, -0.1) is 23.1 Å². The molecule has 0 saturated heterocycles. The third kappa shape index (κ3) is 4.11. The molecule has 1 N–H and O–H groups in total. The molecule has 2 aromatic rings. The number of nitrogens with one attached hydrogen (secondary N) is 1. The Kier molecular flexibility index (Phi) is 5.16. The molecule has 3 rings (SSSR count). The highest BCUT2D eigenvalue weighted by molar-refractivity contribution is 7.99. The minimum absolute atomic E-state index is 0.0417. The predicted octanol–water partition coefficient (Wildman–Crippen LogP) is 4.14. The predicted molar refractivity (Wildman–Crippen MR) is 94.5 cm³/mol. The van der Waals surface area contributed by atoms with E-state index < -0.39 is 0 Å². The van der Waals surface area contributed by atoms with Crippen molar-refractivity contribution in [3.05, 3.63) is 46.5 Å². The number of thiazole rings is 1. The molecule has 22 heavy (non-hydrogen) atoms. The highest BCUT2D eigenvalue weighted by Crippen LogP contribution is 2.32. The van der Waals surface area contributed by atoms with Crippen molar-refractivity contribution >= 4 is 34.1 Å². The van der Waals surface area contributed by atoms with Gasteiger partial charge < -0.3 is 5.32 Å². The molecule has 0 saturated carbocycles. The third-order valence-electron chi connectivity index (χ3n) is 3.78. The number of carbonyl (C=O) groups excluding carboxylic acids is 1. The molecule has 1 aliphatic rings. The first-order valence-electron chi connectivity index (χ1n) is 7.61. The third-order valence-corrected chi connectivity index (χ3v) is 5.82. The van der Waals surface area contributed by atoms with E-state index in [1.165, 1.54) is 22.6 Å². The van der Waals surface area contributed by atoms with E-state index in [2.05, 4.69) is 29.4 Å². The van der Waals surface area contributed by atoms with Crippen LogP contribution in [0.15, 0.2) is 30.3 Å². The Hall–Kier alpha value is -1.33. The molecule has 0 radical (unpaired) electrons. The molecule has 1 aromatic heterocycles. The standard InChI is InChI=1S/C17H20N2OS2/c1-12-7-8-14-15(9-12)22-17(18-14)19-16(20)11-21-10-13-5-3-2-4-6-13/h2-6,12H,7-11H2,1H3,(H,18,19,20). The minimum atomic E-state index is 0.0417. The number of nitrogens with zero attached hydrogens (tertiary/aromatic N) is 1. The van der Waals surface area contributed by atoms with Gasteiger partial charge in [-0.2, -0.15) is 0 Å².